The van der Waals surface area contributed by atoms with Crippen molar-refractivity contribution in [2.24, 2.45) is 5.92 Å². The topological polar surface area (TPSA) is 48.1 Å². The summed E-state index contributed by atoms with van der Waals surface area (Å²) in [5.41, 5.74) is 2.40. The lowest BCUT2D eigenvalue weighted by atomic mass is 10.0. The summed E-state index contributed by atoms with van der Waals surface area (Å²) in [5, 5.41) is 4.65. The SMILES string of the molecule is O=C(CCc1c[nH]c2ccccc12)N1CC[C@H]2CNC[C@H]21. The van der Waals surface area contributed by atoms with Crippen LogP contribution in [-0.4, -0.2) is 41.5 Å². The molecular formula is C17H21N3O. The molecule has 2 fully saturated rings. The summed E-state index contributed by atoms with van der Waals surface area (Å²) in [5.74, 6) is 0.999. The van der Waals surface area contributed by atoms with Crippen LogP contribution in [-0.2, 0) is 11.2 Å². The molecule has 2 aliphatic heterocycles. The summed E-state index contributed by atoms with van der Waals surface area (Å²) >= 11 is 0. The third-order valence-corrected chi connectivity index (χ3v) is 5.05. The Morgan fingerprint density at radius 1 is 1.29 bits per heavy atom. The molecule has 0 unspecified atom stereocenters. The number of nitrogens with zero attached hydrogens (tertiary/aromatic N) is 1. The smallest absolute Gasteiger partial charge is 0.223 e. The number of hydrogen-bond donors (Lipinski definition) is 2. The highest BCUT2D eigenvalue weighted by molar-refractivity contribution is 5.84. The molecule has 2 N–H and O–H groups in total. The van der Waals surface area contributed by atoms with Crippen molar-refractivity contribution in [3.8, 4) is 0 Å². The second-order valence-corrected chi connectivity index (χ2v) is 6.22. The number of rotatable bonds is 3. The van der Waals surface area contributed by atoms with E-state index in [-0.39, 0.29) is 0 Å². The predicted octanol–water partition coefficient (Wildman–Crippen LogP) is 1.92. The molecule has 0 aliphatic carbocycles. The van der Waals surface area contributed by atoms with Gasteiger partial charge in [-0.3, -0.25) is 4.79 Å². The Morgan fingerprint density at radius 2 is 2.19 bits per heavy atom. The zero-order valence-electron chi connectivity index (χ0n) is 12.1. The van der Waals surface area contributed by atoms with Crippen molar-refractivity contribution in [1.82, 2.24) is 15.2 Å². The molecule has 0 saturated carbocycles. The molecule has 1 aromatic carbocycles. The maximum absolute atomic E-state index is 12.5. The van der Waals surface area contributed by atoms with Crippen molar-refractivity contribution >= 4 is 16.8 Å². The van der Waals surface area contributed by atoms with Gasteiger partial charge >= 0.3 is 0 Å². The second-order valence-electron chi connectivity index (χ2n) is 6.22. The van der Waals surface area contributed by atoms with Crippen molar-refractivity contribution in [2.75, 3.05) is 19.6 Å². The van der Waals surface area contributed by atoms with Crippen LogP contribution in [0.2, 0.25) is 0 Å². The van der Waals surface area contributed by atoms with Gasteiger partial charge in [-0.25, -0.2) is 0 Å². The largest absolute Gasteiger partial charge is 0.361 e. The number of H-pyrrole nitrogens is 1. The van der Waals surface area contributed by atoms with Crippen LogP contribution in [0.4, 0.5) is 0 Å². The Kier molecular flexibility index (Phi) is 3.19. The minimum absolute atomic E-state index is 0.316. The molecule has 0 bridgehead atoms. The third-order valence-electron chi connectivity index (χ3n) is 5.05. The van der Waals surface area contributed by atoms with Crippen LogP contribution >= 0.6 is 0 Å². The fraction of sp³-hybridized carbons (Fsp3) is 0.471. The Morgan fingerprint density at radius 3 is 3.14 bits per heavy atom. The zero-order chi connectivity index (χ0) is 14.2. The van der Waals surface area contributed by atoms with Crippen LogP contribution in [0.3, 0.4) is 0 Å². The van der Waals surface area contributed by atoms with E-state index in [1.54, 1.807) is 0 Å². The number of carbonyl (C=O) groups excluding carboxylic acids is 1. The first-order chi connectivity index (χ1) is 10.3. The second kappa shape index (κ2) is 5.19. The molecular weight excluding hydrogens is 262 g/mol. The van der Waals surface area contributed by atoms with Gasteiger partial charge in [-0.05, 0) is 30.4 Å². The number of para-hydroxylation sites is 1. The van der Waals surface area contributed by atoms with Gasteiger partial charge in [-0.1, -0.05) is 18.2 Å². The number of benzene rings is 1. The maximum atomic E-state index is 12.5. The number of aromatic nitrogens is 1. The quantitative estimate of drug-likeness (QED) is 0.904. The first-order valence-electron chi connectivity index (χ1n) is 7.88. The summed E-state index contributed by atoms with van der Waals surface area (Å²) in [7, 11) is 0. The van der Waals surface area contributed by atoms with E-state index in [0.29, 0.717) is 24.3 Å². The van der Waals surface area contributed by atoms with E-state index in [0.717, 1.165) is 38.0 Å². The van der Waals surface area contributed by atoms with Crippen LogP contribution in [0.5, 0.6) is 0 Å². The molecule has 21 heavy (non-hydrogen) atoms. The molecule has 2 aliphatic rings. The number of amides is 1. The van der Waals surface area contributed by atoms with Gasteiger partial charge in [0.05, 0.1) is 0 Å². The first kappa shape index (κ1) is 12.9. The number of fused-ring (bicyclic) bond motifs is 2. The van der Waals surface area contributed by atoms with E-state index < -0.39 is 0 Å². The van der Waals surface area contributed by atoms with Crippen molar-refractivity contribution in [3.63, 3.8) is 0 Å². The Bertz CT molecular complexity index is 663. The lowest BCUT2D eigenvalue weighted by Crippen LogP contribution is -2.39. The van der Waals surface area contributed by atoms with Gasteiger partial charge in [-0.15, -0.1) is 0 Å². The summed E-state index contributed by atoms with van der Waals surface area (Å²) in [6.45, 7) is 3.00. The third kappa shape index (κ3) is 2.23. The average molecular weight is 283 g/mol. The van der Waals surface area contributed by atoms with Gasteiger partial charge in [0.25, 0.3) is 0 Å². The molecule has 2 atom stereocenters. The summed E-state index contributed by atoms with van der Waals surface area (Å²) < 4.78 is 0. The number of nitrogens with one attached hydrogen (secondary N) is 2. The lowest BCUT2D eigenvalue weighted by molar-refractivity contribution is -0.131. The van der Waals surface area contributed by atoms with Gasteiger partial charge in [-0.2, -0.15) is 0 Å². The summed E-state index contributed by atoms with van der Waals surface area (Å²) in [6, 6.07) is 8.73. The molecule has 4 heteroatoms. The Labute approximate surface area is 124 Å². The molecule has 0 radical (unpaired) electrons. The van der Waals surface area contributed by atoms with Gasteiger partial charge in [0.2, 0.25) is 5.91 Å². The molecule has 4 nitrogen and oxygen atoms in total. The first-order valence-corrected chi connectivity index (χ1v) is 7.88. The average Bonchev–Trinajstić information content (AvgIpc) is 3.19. The highest BCUT2D eigenvalue weighted by atomic mass is 16.2. The zero-order valence-corrected chi connectivity index (χ0v) is 12.1. The maximum Gasteiger partial charge on any atom is 0.223 e. The van der Waals surface area contributed by atoms with Gasteiger partial charge in [0, 0.05) is 49.2 Å². The molecule has 4 rings (SSSR count). The fourth-order valence-electron chi connectivity index (χ4n) is 3.88. The molecule has 3 heterocycles. The summed E-state index contributed by atoms with van der Waals surface area (Å²) in [4.78, 5) is 17.9. The molecule has 2 saturated heterocycles. The minimum atomic E-state index is 0.316. The van der Waals surface area contributed by atoms with Crippen molar-refractivity contribution in [2.45, 2.75) is 25.3 Å². The van der Waals surface area contributed by atoms with Crippen LogP contribution in [0.25, 0.3) is 10.9 Å². The van der Waals surface area contributed by atoms with E-state index in [1.807, 2.05) is 12.3 Å². The van der Waals surface area contributed by atoms with E-state index >= 15 is 0 Å². The number of aryl methyl sites for hydroxylation is 1. The fourth-order valence-corrected chi connectivity index (χ4v) is 3.88. The van der Waals surface area contributed by atoms with Crippen molar-refractivity contribution in [3.05, 3.63) is 36.0 Å². The van der Waals surface area contributed by atoms with Gasteiger partial charge in [0.15, 0.2) is 0 Å². The van der Waals surface area contributed by atoms with E-state index in [4.69, 9.17) is 0 Å². The van der Waals surface area contributed by atoms with Gasteiger partial charge < -0.3 is 15.2 Å². The monoisotopic (exact) mass is 283 g/mol. The predicted molar refractivity (Wildman–Crippen MR) is 83.1 cm³/mol. The molecule has 0 spiro atoms. The Hall–Kier alpha value is -1.81. The highest BCUT2D eigenvalue weighted by Crippen LogP contribution is 2.28. The highest BCUT2D eigenvalue weighted by Gasteiger charge is 2.39. The number of aromatic amines is 1. The Balaban J connectivity index is 1.43. The molecule has 1 aromatic heterocycles. The van der Waals surface area contributed by atoms with Crippen LogP contribution in [0.15, 0.2) is 30.5 Å². The minimum Gasteiger partial charge on any atom is -0.361 e. The van der Waals surface area contributed by atoms with E-state index in [2.05, 4.69) is 33.4 Å². The van der Waals surface area contributed by atoms with Crippen molar-refractivity contribution < 1.29 is 4.79 Å². The van der Waals surface area contributed by atoms with E-state index in [1.165, 1.54) is 10.9 Å². The number of likely N-dealkylation sites (tertiary alicyclic amines) is 1. The molecule has 2 aromatic rings. The van der Waals surface area contributed by atoms with Crippen molar-refractivity contribution in [1.29, 1.82) is 0 Å². The van der Waals surface area contributed by atoms with Gasteiger partial charge in [0.1, 0.15) is 0 Å². The standard InChI is InChI=1S/C17H21N3O/c21-17(20-8-7-13-9-18-11-16(13)20)6-5-12-10-19-15-4-2-1-3-14(12)15/h1-4,10,13,16,18-19H,5-9,11H2/t13-,16+/m0/s1. The number of carbonyl (C=O) groups is 1. The van der Waals surface area contributed by atoms with Crippen LogP contribution in [0, 0.1) is 5.92 Å². The molecule has 110 valence electrons. The summed E-state index contributed by atoms with van der Waals surface area (Å²) in [6.07, 6.45) is 4.65. The van der Waals surface area contributed by atoms with Crippen LogP contribution < -0.4 is 5.32 Å². The lowest BCUT2D eigenvalue weighted by Gasteiger charge is -2.23. The van der Waals surface area contributed by atoms with Crippen LogP contribution in [0.1, 0.15) is 18.4 Å². The van der Waals surface area contributed by atoms with E-state index in [9.17, 15) is 4.79 Å². The molecule has 1 amide bonds. The number of hydrogen-bond acceptors (Lipinski definition) is 2. The normalized spacial score (nSPS) is 24.7.